The smallest absolute Gasteiger partial charge is 0.402 e. The lowest BCUT2D eigenvalue weighted by molar-refractivity contribution is -0.0592. The number of nitrogens with zero attached hydrogens (tertiary/aromatic N) is 6. The second kappa shape index (κ2) is 16.2. The van der Waals surface area contributed by atoms with E-state index in [9.17, 15) is 9.59 Å². The molecular formula is C50H56FN8O5P. The number of carbonyl (C=O) groups excluding carboxylic acids is 1. The largest absolute Gasteiger partial charge is 0.438 e. The van der Waals surface area contributed by atoms with Crippen LogP contribution in [0.25, 0.3) is 16.6 Å². The fourth-order valence-corrected chi connectivity index (χ4v) is 11.4. The van der Waals surface area contributed by atoms with Crippen molar-refractivity contribution in [3.63, 3.8) is 0 Å². The second-order valence-corrected chi connectivity index (χ2v) is 21.9. The van der Waals surface area contributed by atoms with Gasteiger partial charge in [0.1, 0.15) is 22.9 Å². The second-order valence-electron chi connectivity index (χ2n) is 19.5. The van der Waals surface area contributed by atoms with Gasteiger partial charge in [-0.05, 0) is 155 Å². The molecule has 1 saturated heterocycles. The Bertz CT molecular complexity index is 3020. The summed E-state index contributed by atoms with van der Waals surface area (Å²) in [6, 6.07) is 20.5. The van der Waals surface area contributed by atoms with Crippen LogP contribution in [0.4, 0.5) is 10.1 Å². The van der Waals surface area contributed by atoms with Crippen LogP contribution in [-0.4, -0.2) is 78.6 Å². The summed E-state index contributed by atoms with van der Waals surface area (Å²) in [6.07, 6.45) is 8.89. The molecule has 13 nitrogen and oxygen atoms in total. The molecule has 4 aliphatic rings. The summed E-state index contributed by atoms with van der Waals surface area (Å²) >= 11 is 0. The minimum atomic E-state index is -0.837. The van der Waals surface area contributed by atoms with Crippen molar-refractivity contribution in [3.05, 3.63) is 145 Å². The molecule has 15 heteroatoms. The first-order valence-corrected chi connectivity index (χ1v) is 25.1. The average Bonchev–Trinajstić information content (AvgIpc) is 4.08. The van der Waals surface area contributed by atoms with Crippen LogP contribution in [-0.2, 0) is 16.4 Å². The standard InChI is InChI=1S/C50H56FN8O5P/c1-29-26-50(29,46-54-47(61)64-55-46)59-41-16-11-33(34-18-22-63-49(3,4)27-34)23-35(41)24-42(59)45(60)56-19-17-40(52)43(30(56)2)44(53-36-12-15-39(51)38(25-36)32-9-10-32)58-21-20-57(48(58)62)37-13-7-31(8-14-37)28-65(5)6/h7-8,11-16,20-21,23-25,29-30,32,34H,9-10,17-19,22,26-28,52H2,1-6H3,(H,54,55,61). The summed E-state index contributed by atoms with van der Waals surface area (Å²) in [5, 5.41) is 5.09. The lowest BCUT2D eigenvalue weighted by Crippen LogP contribution is -2.49. The fraction of sp³-hybridized carbons (Fsp3) is 0.420. The molecule has 4 unspecified atom stereocenters. The Morgan fingerprint density at radius 1 is 0.985 bits per heavy atom. The number of carbonyl (C=O) groups is 1. The maximum atomic E-state index is 15.5. The van der Waals surface area contributed by atoms with Crippen LogP contribution in [0.1, 0.15) is 111 Å². The number of aliphatic imine (C=N–C) groups is 1. The van der Waals surface area contributed by atoms with Gasteiger partial charge in [0, 0.05) is 54.1 Å². The number of hydrogen-bond donors (Lipinski definition) is 2. The summed E-state index contributed by atoms with van der Waals surface area (Å²) in [4.78, 5) is 52.3. The van der Waals surface area contributed by atoms with Gasteiger partial charge in [-0.25, -0.2) is 19.0 Å². The van der Waals surface area contributed by atoms with Crippen molar-refractivity contribution < 1.29 is 18.4 Å². The summed E-state index contributed by atoms with van der Waals surface area (Å²) in [5.74, 6) is -0.128. The zero-order valence-electron chi connectivity index (χ0n) is 37.8. The number of H-pyrrole nitrogens is 1. The molecule has 1 amide bonds. The highest BCUT2D eigenvalue weighted by Crippen LogP contribution is 2.56. The molecule has 3 aromatic carbocycles. The summed E-state index contributed by atoms with van der Waals surface area (Å²) in [7, 11) is -0.131. The Morgan fingerprint density at radius 2 is 1.75 bits per heavy atom. The van der Waals surface area contributed by atoms with Gasteiger partial charge in [0.25, 0.3) is 5.91 Å². The molecule has 338 valence electrons. The number of imidazole rings is 1. The highest BCUT2D eigenvalue weighted by Gasteiger charge is 2.59. The zero-order valence-corrected chi connectivity index (χ0v) is 38.7. The molecule has 4 atom stereocenters. The molecule has 3 aromatic heterocycles. The molecule has 2 aliphatic heterocycles. The molecular weight excluding hydrogens is 843 g/mol. The number of amides is 1. The van der Waals surface area contributed by atoms with E-state index in [0.29, 0.717) is 65.7 Å². The quantitative estimate of drug-likeness (QED) is 0.0791. The van der Waals surface area contributed by atoms with Gasteiger partial charge in [-0.2, -0.15) is 0 Å². The van der Waals surface area contributed by atoms with E-state index in [0.717, 1.165) is 42.7 Å². The molecule has 0 spiro atoms. The Kier molecular flexibility index (Phi) is 10.8. The highest BCUT2D eigenvalue weighted by atomic mass is 31.1. The van der Waals surface area contributed by atoms with Crippen LogP contribution in [0.5, 0.6) is 0 Å². The normalized spacial score (nSPS) is 23.5. The van der Waals surface area contributed by atoms with Gasteiger partial charge >= 0.3 is 11.4 Å². The molecule has 65 heavy (non-hydrogen) atoms. The number of nitrogens with two attached hydrogens (primary N) is 1. The van der Waals surface area contributed by atoms with E-state index in [2.05, 4.69) is 74.6 Å². The van der Waals surface area contributed by atoms with Crippen molar-refractivity contribution in [1.29, 1.82) is 0 Å². The Hall–Kier alpha value is -5.85. The zero-order chi connectivity index (χ0) is 45.5. The van der Waals surface area contributed by atoms with Crippen LogP contribution in [0.3, 0.4) is 0 Å². The number of nitrogens with one attached hydrogen (secondary N) is 1. The molecule has 3 N–H and O–H groups in total. The van der Waals surface area contributed by atoms with Crippen molar-refractivity contribution in [2.24, 2.45) is 16.6 Å². The van der Waals surface area contributed by atoms with Crippen LogP contribution < -0.4 is 17.2 Å². The van der Waals surface area contributed by atoms with Gasteiger partial charge in [-0.1, -0.05) is 30.3 Å². The molecule has 6 aromatic rings. The van der Waals surface area contributed by atoms with Crippen LogP contribution in [0.2, 0.25) is 0 Å². The lowest BCUT2D eigenvalue weighted by Gasteiger charge is -2.37. The number of aromatic nitrogens is 5. The van der Waals surface area contributed by atoms with Gasteiger partial charge < -0.3 is 19.9 Å². The maximum absolute atomic E-state index is 15.5. The van der Waals surface area contributed by atoms with E-state index >= 15 is 9.18 Å². The Morgan fingerprint density at radius 3 is 2.43 bits per heavy atom. The third kappa shape index (κ3) is 7.82. The first-order chi connectivity index (χ1) is 31.1. The summed E-state index contributed by atoms with van der Waals surface area (Å²) in [5.41, 5.74) is 12.0. The first kappa shape index (κ1) is 43.1. The summed E-state index contributed by atoms with van der Waals surface area (Å²) < 4.78 is 31.3. The average molecular weight is 899 g/mol. The van der Waals surface area contributed by atoms with E-state index < -0.39 is 17.3 Å². The van der Waals surface area contributed by atoms with Gasteiger partial charge in [0.2, 0.25) is 0 Å². The number of rotatable bonds is 10. The minimum Gasteiger partial charge on any atom is -0.402 e. The summed E-state index contributed by atoms with van der Waals surface area (Å²) in [6.45, 7) is 13.7. The predicted octanol–water partition coefficient (Wildman–Crippen LogP) is 8.71. The number of ether oxygens (including phenoxy) is 1. The monoisotopic (exact) mass is 898 g/mol. The molecule has 2 aliphatic carbocycles. The fourth-order valence-electron chi connectivity index (χ4n) is 10.4. The van der Waals surface area contributed by atoms with Crippen molar-refractivity contribution in [2.75, 3.05) is 26.5 Å². The first-order valence-electron chi connectivity index (χ1n) is 22.7. The predicted molar refractivity (Wildman–Crippen MR) is 252 cm³/mol. The molecule has 10 rings (SSSR count). The number of halogens is 1. The van der Waals surface area contributed by atoms with Crippen molar-refractivity contribution in [1.82, 2.24) is 28.7 Å². The van der Waals surface area contributed by atoms with Crippen LogP contribution in [0.15, 0.2) is 109 Å². The van der Waals surface area contributed by atoms with Gasteiger partial charge in [0.15, 0.2) is 5.82 Å². The number of fused-ring (bicyclic) bond motifs is 1. The Labute approximate surface area is 377 Å². The molecule has 0 bridgehead atoms. The third-order valence-electron chi connectivity index (χ3n) is 14.0. The number of hydrogen-bond acceptors (Lipinski definition) is 8. The van der Waals surface area contributed by atoms with Crippen LogP contribution >= 0.6 is 7.92 Å². The van der Waals surface area contributed by atoms with Gasteiger partial charge in [-0.15, -0.1) is 7.92 Å². The molecule has 2 saturated carbocycles. The van der Waals surface area contributed by atoms with Crippen molar-refractivity contribution >= 4 is 36.3 Å². The maximum Gasteiger partial charge on any atom is 0.438 e. The van der Waals surface area contributed by atoms with E-state index in [1.165, 1.54) is 21.8 Å². The highest BCUT2D eigenvalue weighted by molar-refractivity contribution is 7.55. The molecule has 0 radical (unpaired) electrons. The van der Waals surface area contributed by atoms with E-state index in [-0.39, 0.29) is 54.5 Å². The third-order valence-corrected chi connectivity index (χ3v) is 15.0. The van der Waals surface area contributed by atoms with Gasteiger partial charge in [-0.3, -0.25) is 23.4 Å². The van der Waals surface area contributed by atoms with Crippen molar-refractivity contribution in [2.45, 2.75) is 101 Å². The van der Waals surface area contributed by atoms with E-state index in [1.807, 2.05) is 29.7 Å². The molecule has 3 fully saturated rings. The van der Waals surface area contributed by atoms with Crippen molar-refractivity contribution in [3.8, 4) is 5.69 Å². The van der Waals surface area contributed by atoms with Gasteiger partial charge in [0.05, 0.1) is 23.0 Å². The molecule has 5 heterocycles. The SMILES string of the molecule is CC1C(C(=Nc2ccc(F)c(C3CC3)c2)n2ccn(-c3ccc(CP(C)C)cc3)c2=O)=C(N)CCN1C(=O)c1cc2cc(C3CCOC(C)(C)C3)ccc2n1C1(c2noc(=O)[nH]2)CC1C. The lowest BCUT2D eigenvalue weighted by atomic mass is 9.83. The number of aromatic amines is 1. The number of benzene rings is 3. The van der Waals surface area contributed by atoms with Crippen LogP contribution in [0, 0.1) is 11.7 Å². The Balaban J connectivity index is 1.08. The minimum absolute atomic E-state index is 0.0180. The van der Waals surface area contributed by atoms with E-state index in [1.54, 1.807) is 34.0 Å². The van der Waals surface area contributed by atoms with E-state index in [4.69, 9.17) is 20.0 Å². The topological polar surface area (TPSA) is 159 Å².